The van der Waals surface area contributed by atoms with Crippen LogP contribution in [0.15, 0.2) is 24.5 Å². The van der Waals surface area contributed by atoms with Gasteiger partial charge < -0.3 is 14.2 Å². The molecule has 0 spiro atoms. The third kappa shape index (κ3) is 5.54. The predicted molar refractivity (Wildman–Crippen MR) is 64.4 cm³/mol. The summed E-state index contributed by atoms with van der Waals surface area (Å²) < 4.78 is 15.4. The average molecular weight is 240 g/mol. The number of carbonyl (C=O) groups excluding carboxylic acids is 1. The van der Waals surface area contributed by atoms with Crippen molar-refractivity contribution < 1.29 is 19.0 Å². The Morgan fingerprint density at radius 1 is 1.53 bits per heavy atom. The van der Waals surface area contributed by atoms with E-state index < -0.39 is 5.97 Å². The Morgan fingerprint density at radius 2 is 2.35 bits per heavy atom. The number of hydrogen-bond acceptors (Lipinski definition) is 4. The Labute approximate surface area is 102 Å². The van der Waals surface area contributed by atoms with Gasteiger partial charge in [-0.15, -0.1) is 0 Å². The first-order chi connectivity index (χ1) is 8.26. The van der Waals surface area contributed by atoms with E-state index in [1.807, 2.05) is 12.2 Å². The van der Waals surface area contributed by atoms with E-state index in [1.54, 1.807) is 0 Å². The maximum absolute atomic E-state index is 10.8. The first kappa shape index (κ1) is 13.8. The molecule has 0 aromatic carbocycles. The second kappa shape index (κ2) is 7.90. The van der Waals surface area contributed by atoms with Crippen LogP contribution >= 0.6 is 0 Å². The van der Waals surface area contributed by atoms with Gasteiger partial charge in [0.05, 0.1) is 32.2 Å². The van der Waals surface area contributed by atoms with Gasteiger partial charge >= 0.3 is 5.97 Å². The van der Waals surface area contributed by atoms with E-state index in [-0.39, 0.29) is 12.2 Å². The SMILES string of the molecule is CCCC[C@H]1C=C[C@H](O/C=C/C(=O)OC)CO1. The van der Waals surface area contributed by atoms with Gasteiger partial charge in [0.25, 0.3) is 0 Å². The molecule has 0 bridgehead atoms. The van der Waals surface area contributed by atoms with Crippen LogP contribution in [-0.2, 0) is 19.0 Å². The molecule has 0 unspecified atom stereocenters. The van der Waals surface area contributed by atoms with Gasteiger partial charge in [0.15, 0.2) is 0 Å². The fourth-order valence-corrected chi connectivity index (χ4v) is 1.51. The quantitative estimate of drug-likeness (QED) is 0.309. The Kier molecular flexibility index (Phi) is 6.40. The molecule has 0 N–H and O–H groups in total. The molecule has 0 radical (unpaired) electrons. The molecule has 0 amide bonds. The fourth-order valence-electron chi connectivity index (χ4n) is 1.51. The van der Waals surface area contributed by atoms with Gasteiger partial charge in [-0.2, -0.15) is 0 Å². The average Bonchev–Trinajstić information content (AvgIpc) is 2.37. The molecule has 1 aliphatic rings. The van der Waals surface area contributed by atoms with Crippen LogP contribution < -0.4 is 0 Å². The Bertz CT molecular complexity index is 283. The molecule has 1 heterocycles. The highest BCUT2D eigenvalue weighted by molar-refractivity contribution is 5.81. The number of rotatable bonds is 6. The maximum Gasteiger partial charge on any atom is 0.333 e. The zero-order valence-electron chi connectivity index (χ0n) is 10.4. The second-order valence-corrected chi connectivity index (χ2v) is 3.90. The van der Waals surface area contributed by atoms with Crippen molar-refractivity contribution in [2.24, 2.45) is 0 Å². The molecule has 96 valence electrons. The minimum absolute atomic E-state index is 0.117. The third-order valence-corrected chi connectivity index (χ3v) is 2.52. The molecule has 1 rings (SSSR count). The zero-order valence-corrected chi connectivity index (χ0v) is 10.4. The van der Waals surface area contributed by atoms with E-state index in [4.69, 9.17) is 9.47 Å². The highest BCUT2D eigenvalue weighted by atomic mass is 16.5. The normalized spacial score (nSPS) is 23.9. The molecular formula is C13H20O4. The van der Waals surface area contributed by atoms with E-state index in [0.717, 1.165) is 6.42 Å². The Morgan fingerprint density at radius 3 is 2.94 bits per heavy atom. The summed E-state index contributed by atoms with van der Waals surface area (Å²) in [7, 11) is 1.33. The summed E-state index contributed by atoms with van der Waals surface area (Å²) in [5, 5.41) is 0. The van der Waals surface area contributed by atoms with Crippen LogP contribution in [0.3, 0.4) is 0 Å². The molecule has 0 aliphatic carbocycles. The minimum Gasteiger partial charge on any atom is -0.491 e. The van der Waals surface area contributed by atoms with Crippen LogP contribution in [-0.4, -0.2) is 31.9 Å². The van der Waals surface area contributed by atoms with Crippen molar-refractivity contribution in [2.75, 3.05) is 13.7 Å². The lowest BCUT2D eigenvalue weighted by Gasteiger charge is -2.23. The van der Waals surface area contributed by atoms with Gasteiger partial charge in [0, 0.05) is 0 Å². The van der Waals surface area contributed by atoms with Crippen molar-refractivity contribution in [3.63, 3.8) is 0 Å². The van der Waals surface area contributed by atoms with Crippen LogP contribution in [0.25, 0.3) is 0 Å². The van der Waals surface area contributed by atoms with E-state index in [1.165, 1.54) is 32.3 Å². The van der Waals surface area contributed by atoms with Gasteiger partial charge in [-0.25, -0.2) is 4.79 Å². The maximum atomic E-state index is 10.8. The number of ether oxygens (including phenoxy) is 3. The number of unbranched alkanes of at least 4 members (excludes halogenated alkanes) is 1. The van der Waals surface area contributed by atoms with E-state index in [9.17, 15) is 4.79 Å². The molecule has 17 heavy (non-hydrogen) atoms. The van der Waals surface area contributed by atoms with E-state index in [0.29, 0.717) is 6.61 Å². The number of methoxy groups -OCH3 is 1. The van der Waals surface area contributed by atoms with Gasteiger partial charge in [-0.1, -0.05) is 25.8 Å². The summed E-state index contributed by atoms with van der Waals surface area (Å²) in [6.07, 6.45) is 10.1. The van der Waals surface area contributed by atoms with Gasteiger partial charge in [-0.05, 0) is 12.5 Å². The molecule has 0 aromatic heterocycles. The van der Waals surface area contributed by atoms with Gasteiger partial charge in [0.1, 0.15) is 6.10 Å². The van der Waals surface area contributed by atoms with Crippen LogP contribution in [0.5, 0.6) is 0 Å². The van der Waals surface area contributed by atoms with E-state index >= 15 is 0 Å². The molecule has 0 aromatic rings. The monoisotopic (exact) mass is 240 g/mol. The zero-order chi connectivity index (χ0) is 12.5. The van der Waals surface area contributed by atoms with Crippen LogP contribution in [0.4, 0.5) is 0 Å². The largest absolute Gasteiger partial charge is 0.491 e. The standard InChI is InChI=1S/C13H20O4/c1-3-4-5-11-6-7-12(10-17-11)16-9-8-13(14)15-2/h6-9,11-12H,3-5,10H2,1-2H3/b9-8+/t11-,12-/m0/s1. The highest BCUT2D eigenvalue weighted by Gasteiger charge is 2.15. The third-order valence-electron chi connectivity index (χ3n) is 2.52. The van der Waals surface area contributed by atoms with E-state index in [2.05, 4.69) is 11.7 Å². The lowest BCUT2D eigenvalue weighted by atomic mass is 10.1. The molecule has 4 heteroatoms. The first-order valence-electron chi connectivity index (χ1n) is 5.96. The van der Waals surface area contributed by atoms with Crippen molar-refractivity contribution >= 4 is 5.97 Å². The summed E-state index contributed by atoms with van der Waals surface area (Å²) in [4.78, 5) is 10.8. The Hall–Kier alpha value is -1.29. The van der Waals surface area contributed by atoms with Crippen LogP contribution in [0.2, 0.25) is 0 Å². The molecule has 0 saturated carbocycles. The number of hydrogen-bond donors (Lipinski definition) is 0. The fraction of sp³-hybridized carbons (Fsp3) is 0.615. The smallest absolute Gasteiger partial charge is 0.333 e. The summed E-state index contributed by atoms with van der Waals surface area (Å²) >= 11 is 0. The second-order valence-electron chi connectivity index (χ2n) is 3.90. The number of carbonyl (C=O) groups is 1. The van der Waals surface area contributed by atoms with Crippen molar-refractivity contribution in [1.29, 1.82) is 0 Å². The molecule has 0 fully saturated rings. The highest BCUT2D eigenvalue weighted by Crippen LogP contribution is 2.13. The van der Waals surface area contributed by atoms with Gasteiger partial charge in [-0.3, -0.25) is 0 Å². The topological polar surface area (TPSA) is 44.8 Å². The lowest BCUT2D eigenvalue weighted by Crippen LogP contribution is -2.25. The van der Waals surface area contributed by atoms with Crippen LogP contribution in [0.1, 0.15) is 26.2 Å². The van der Waals surface area contributed by atoms with Crippen molar-refractivity contribution in [3.8, 4) is 0 Å². The molecule has 1 aliphatic heterocycles. The predicted octanol–water partition coefficient (Wildman–Crippen LogP) is 2.20. The minimum atomic E-state index is -0.425. The molecule has 4 nitrogen and oxygen atoms in total. The molecule has 2 atom stereocenters. The lowest BCUT2D eigenvalue weighted by molar-refractivity contribution is -0.135. The summed E-state index contributed by atoms with van der Waals surface area (Å²) in [6, 6.07) is 0. The summed E-state index contributed by atoms with van der Waals surface area (Å²) in [5.41, 5.74) is 0. The van der Waals surface area contributed by atoms with Crippen molar-refractivity contribution in [3.05, 3.63) is 24.5 Å². The number of esters is 1. The summed E-state index contributed by atoms with van der Waals surface area (Å²) in [5.74, 6) is -0.425. The van der Waals surface area contributed by atoms with Crippen molar-refractivity contribution in [2.45, 2.75) is 38.4 Å². The summed E-state index contributed by atoms with van der Waals surface area (Å²) in [6.45, 7) is 2.69. The van der Waals surface area contributed by atoms with Gasteiger partial charge in [0.2, 0.25) is 0 Å². The molecule has 0 saturated heterocycles. The first-order valence-corrected chi connectivity index (χ1v) is 5.96. The molecular weight excluding hydrogens is 220 g/mol. The van der Waals surface area contributed by atoms with Crippen LogP contribution in [0, 0.1) is 0 Å². The van der Waals surface area contributed by atoms with Crippen molar-refractivity contribution in [1.82, 2.24) is 0 Å². The Balaban J connectivity index is 2.25.